The summed E-state index contributed by atoms with van der Waals surface area (Å²) in [6, 6.07) is 9.45. The topological polar surface area (TPSA) is 85.4 Å². The number of pyridine rings is 1. The molecule has 0 atom stereocenters. The van der Waals surface area contributed by atoms with Crippen LogP contribution in [0.15, 0.2) is 58.6 Å². The fourth-order valence-electron chi connectivity index (χ4n) is 3.18. The lowest BCUT2D eigenvalue weighted by Gasteiger charge is -2.13. The molecule has 0 aliphatic carbocycles. The molecule has 2 aromatic carbocycles. The van der Waals surface area contributed by atoms with E-state index in [1.54, 1.807) is 18.2 Å². The number of fused-ring (bicyclic) bond motifs is 3. The summed E-state index contributed by atoms with van der Waals surface area (Å²) in [5, 5.41) is 2.97. The SMILES string of the molecule is COc1ccc(C(=O)Nc2c(Cl)cncc2Cl)c2c1S(=O)(=O)c1ccccc1-2. The molecule has 0 saturated carbocycles. The number of aromatic nitrogens is 1. The normalized spacial score (nSPS) is 13.5. The molecule has 1 aliphatic heterocycles. The number of rotatable bonds is 3. The van der Waals surface area contributed by atoms with Gasteiger partial charge in [-0.3, -0.25) is 9.78 Å². The summed E-state index contributed by atoms with van der Waals surface area (Å²) >= 11 is 12.1. The van der Waals surface area contributed by atoms with Gasteiger partial charge in [-0.25, -0.2) is 8.42 Å². The number of benzene rings is 2. The summed E-state index contributed by atoms with van der Waals surface area (Å²) in [6.07, 6.45) is 2.70. The minimum absolute atomic E-state index is 0.0317. The summed E-state index contributed by atoms with van der Waals surface area (Å²) < 4.78 is 31.3. The second-order valence-corrected chi connectivity index (χ2v) is 8.62. The molecule has 2 heterocycles. The minimum atomic E-state index is -3.82. The van der Waals surface area contributed by atoms with Crippen molar-refractivity contribution in [1.82, 2.24) is 4.98 Å². The number of hydrogen-bond donors (Lipinski definition) is 1. The van der Waals surface area contributed by atoms with Gasteiger partial charge in [0.2, 0.25) is 9.84 Å². The highest BCUT2D eigenvalue weighted by Crippen LogP contribution is 2.49. The number of halogens is 2. The van der Waals surface area contributed by atoms with Gasteiger partial charge in [-0.15, -0.1) is 0 Å². The first-order valence-electron chi connectivity index (χ1n) is 8.02. The Balaban J connectivity index is 1.93. The molecule has 0 bridgehead atoms. The zero-order chi connectivity index (χ0) is 20.1. The predicted octanol–water partition coefficient (Wildman–Crippen LogP) is 4.46. The molecule has 0 radical (unpaired) electrons. The van der Waals surface area contributed by atoms with Crippen LogP contribution in [0.2, 0.25) is 10.0 Å². The Morgan fingerprint density at radius 3 is 2.43 bits per heavy atom. The van der Waals surface area contributed by atoms with E-state index < -0.39 is 15.7 Å². The van der Waals surface area contributed by atoms with Gasteiger partial charge in [-0.05, 0) is 18.2 Å². The predicted molar refractivity (Wildman–Crippen MR) is 106 cm³/mol. The van der Waals surface area contributed by atoms with Crippen LogP contribution in [-0.2, 0) is 9.84 Å². The van der Waals surface area contributed by atoms with Gasteiger partial charge in [-0.2, -0.15) is 0 Å². The number of carbonyl (C=O) groups is 1. The van der Waals surface area contributed by atoms with Gasteiger partial charge in [-0.1, -0.05) is 41.4 Å². The third-order valence-corrected chi connectivity index (χ3v) is 6.84. The summed E-state index contributed by atoms with van der Waals surface area (Å²) in [5.41, 5.74) is 1.08. The van der Waals surface area contributed by atoms with Crippen molar-refractivity contribution >= 4 is 44.6 Å². The number of anilines is 1. The maximum Gasteiger partial charge on any atom is 0.256 e. The number of ether oxygens (including phenoxy) is 1. The van der Waals surface area contributed by atoms with Crippen LogP contribution in [0.5, 0.6) is 5.75 Å². The molecule has 1 aromatic heterocycles. The maximum absolute atomic E-state index is 13.0. The Hall–Kier alpha value is -2.61. The molecule has 3 aromatic rings. The molecule has 0 unspecified atom stereocenters. The molecule has 0 fully saturated rings. The lowest BCUT2D eigenvalue weighted by molar-refractivity contribution is 0.102. The molecule has 4 rings (SSSR count). The van der Waals surface area contributed by atoms with Crippen molar-refractivity contribution in [3.8, 4) is 16.9 Å². The Bertz CT molecular complexity index is 1220. The number of amides is 1. The first-order chi connectivity index (χ1) is 13.4. The van der Waals surface area contributed by atoms with Crippen LogP contribution in [0, 0.1) is 0 Å². The number of hydrogen-bond acceptors (Lipinski definition) is 5. The van der Waals surface area contributed by atoms with Gasteiger partial charge in [0.15, 0.2) is 0 Å². The van der Waals surface area contributed by atoms with E-state index in [2.05, 4.69) is 10.3 Å². The van der Waals surface area contributed by atoms with Gasteiger partial charge >= 0.3 is 0 Å². The Kier molecular flexibility index (Phi) is 4.53. The first kappa shape index (κ1) is 18.7. The van der Waals surface area contributed by atoms with Crippen LogP contribution < -0.4 is 10.1 Å². The van der Waals surface area contributed by atoms with Crippen LogP contribution in [0.25, 0.3) is 11.1 Å². The zero-order valence-electron chi connectivity index (χ0n) is 14.4. The number of nitrogens with one attached hydrogen (secondary N) is 1. The maximum atomic E-state index is 13.0. The number of nitrogens with zero attached hydrogens (tertiary/aromatic N) is 1. The van der Waals surface area contributed by atoms with Crippen molar-refractivity contribution in [2.45, 2.75) is 9.79 Å². The third kappa shape index (κ3) is 2.74. The van der Waals surface area contributed by atoms with Gasteiger partial charge < -0.3 is 10.1 Å². The van der Waals surface area contributed by atoms with E-state index in [4.69, 9.17) is 27.9 Å². The zero-order valence-corrected chi connectivity index (χ0v) is 16.7. The number of methoxy groups -OCH3 is 1. The van der Waals surface area contributed by atoms with Gasteiger partial charge in [0.1, 0.15) is 10.6 Å². The number of sulfone groups is 1. The van der Waals surface area contributed by atoms with Crippen molar-refractivity contribution in [3.05, 3.63) is 64.4 Å². The highest BCUT2D eigenvalue weighted by atomic mass is 35.5. The van der Waals surface area contributed by atoms with Crippen molar-refractivity contribution in [2.75, 3.05) is 12.4 Å². The highest BCUT2D eigenvalue weighted by molar-refractivity contribution is 7.92. The monoisotopic (exact) mass is 434 g/mol. The fraction of sp³-hybridized carbons (Fsp3) is 0.0526. The summed E-state index contributed by atoms with van der Waals surface area (Å²) in [5.74, 6) is -0.386. The van der Waals surface area contributed by atoms with E-state index in [0.717, 1.165) is 0 Å². The van der Waals surface area contributed by atoms with Crippen LogP contribution in [0.3, 0.4) is 0 Å². The molecule has 28 heavy (non-hydrogen) atoms. The van der Waals surface area contributed by atoms with E-state index in [9.17, 15) is 13.2 Å². The average Bonchev–Trinajstić information content (AvgIpc) is 2.93. The number of carbonyl (C=O) groups excluding carboxylic acids is 1. The van der Waals surface area contributed by atoms with Crippen LogP contribution in [-0.4, -0.2) is 26.4 Å². The molecular formula is C19H12Cl2N2O4S. The summed E-state index contributed by atoms with van der Waals surface area (Å²) in [4.78, 5) is 17.0. The van der Waals surface area contributed by atoms with E-state index in [1.807, 2.05) is 0 Å². The van der Waals surface area contributed by atoms with E-state index >= 15 is 0 Å². The minimum Gasteiger partial charge on any atom is -0.495 e. The quantitative estimate of drug-likeness (QED) is 0.514. The molecule has 1 aliphatic rings. The summed E-state index contributed by atoms with van der Waals surface area (Å²) in [6.45, 7) is 0. The Morgan fingerprint density at radius 2 is 1.75 bits per heavy atom. The molecule has 1 N–H and O–H groups in total. The second kappa shape index (κ2) is 6.77. The van der Waals surface area contributed by atoms with E-state index in [-0.39, 0.29) is 42.4 Å². The summed E-state index contributed by atoms with van der Waals surface area (Å²) in [7, 11) is -2.44. The van der Waals surface area contributed by atoms with Crippen LogP contribution in [0.4, 0.5) is 5.69 Å². The molecule has 0 spiro atoms. The molecule has 9 heteroatoms. The Morgan fingerprint density at radius 1 is 1.07 bits per heavy atom. The molecule has 142 valence electrons. The molecular weight excluding hydrogens is 423 g/mol. The highest BCUT2D eigenvalue weighted by Gasteiger charge is 2.38. The van der Waals surface area contributed by atoms with Crippen molar-refractivity contribution in [3.63, 3.8) is 0 Å². The van der Waals surface area contributed by atoms with E-state index in [0.29, 0.717) is 5.56 Å². The van der Waals surface area contributed by atoms with Crippen LogP contribution >= 0.6 is 23.2 Å². The lowest BCUT2D eigenvalue weighted by atomic mass is 9.98. The lowest BCUT2D eigenvalue weighted by Crippen LogP contribution is -2.14. The van der Waals surface area contributed by atoms with Gasteiger partial charge in [0, 0.05) is 29.1 Å². The molecule has 6 nitrogen and oxygen atoms in total. The van der Waals surface area contributed by atoms with Gasteiger partial charge in [0.25, 0.3) is 5.91 Å². The van der Waals surface area contributed by atoms with Gasteiger partial charge in [0.05, 0.1) is 27.7 Å². The third-order valence-electron chi connectivity index (χ3n) is 4.39. The molecule has 1 amide bonds. The largest absolute Gasteiger partial charge is 0.495 e. The van der Waals surface area contributed by atoms with Crippen molar-refractivity contribution < 1.29 is 17.9 Å². The van der Waals surface area contributed by atoms with E-state index in [1.165, 1.54) is 37.7 Å². The molecule has 0 saturated heterocycles. The average molecular weight is 435 g/mol. The first-order valence-corrected chi connectivity index (χ1v) is 10.3. The standard InChI is InChI=1S/C19H12Cl2N2O4S/c1-27-14-7-6-11(19(24)23-17-12(20)8-22-9-13(17)21)16-10-4-2-3-5-15(10)28(25,26)18(14)16/h2-9H,1H3,(H,22,23,24). The smallest absolute Gasteiger partial charge is 0.256 e. The second-order valence-electron chi connectivity index (χ2n) is 5.95. The van der Waals surface area contributed by atoms with Crippen molar-refractivity contribution in [2.24, 2.45) is 0 Å². The Labute approximate surface area is 171 Å². The van der Waals surface area contributed by atoms with Crippen LogP contribution in [0.1, 0.15) is 10.4 Å². The fourth-order valence-corrected chi connectivity index (χ4v) is 5.48. The van der Waals surface area contributed by atoms with Crippen molar-refractivity contribution in [1.29, 1.82) is 0 Å².